The predicted molar refractivity (Wildman–Crippen MR) is 79.6 cm³/mol. The molecule has 0 atom stereocenters. The summed E-state index contributed by atoms with van der Waals surface area (Å²) in [7, 11) is -3.66. The molecule has 0 saturated heterocycles. The van der Waals surface area contributed by atoms with E-state index < -0.39 is 10.0 Å². The van der Waals surface area contributed by atoms with Gasteiger partial charge in [0.25, 0.3) is 0 Å². The smallest absolute Gasteiger partial charge is 0.238 e. The summed E-state index contributed by atoms with van der Waals surface area (Å²) in [6.45, 7) is 5.50. The molecule has 20 heavy (non-hydrogen) atoms. The van der Waals surface area contributed by atoms with Crippen LogP contribution in [0.3, 0.4) is 0 Å². The summed E-state index contributed by atoms with van der Waals surface area (Å²) in [5.41, 5.74) is 0.743. The summed E-state index contributed by atoms with van der Waals surface area (Å²) in [6.07, 6.45) is 1.79. The van der Waals surface area contributed by atoms with Gasteiger partial charge < -0.3 is 10.4 Å². The van der Waals surface area contributed by atoms with Gasteiger partial charge in [-0.15, -0.1) is 0 Å². The molecule has 0 heterocycles. The van der Waals surface area contributed by atoms with Crippen LogP contribution >= 0.6 is 0 Å². The highest BCUT2D eigenvalue weighted by Crippen LogP contribution is 2.24. The number of primary sulfonamides is 1. The van der Waals surface area contributed by atoms with Gasteiger partial charge in [0.2, 0.25) is 10.0 Å². The average Bonchev–Trinajstić information content (AvgIpc) is 2.44. The van der Waals surface area contributed by atoms with Crippen LogP contribution < -0.4 is 10.5 Å². The molecule has 114 valence electrons. The first kappa shape index (κ1) is 17.1. The molecule has 1 rings (SSSR count). The van der Waals surface area contributed by atoms with E-state index in [2.05, 4.69) is 19.2 Å². The Balaban J connectivity index is 2.67. The highest BCUT2D eigenvalue weighted by Gasteiger charge is 2.24. The zero-order chi connectivity index (χ0) is 15.2. The molecule has 1 aromatic carbocycles. The van der Waals surface area contributed by atoms with E-state index in [9.17, 15) is 13.5 Å². The quantitative estimate of drug-likeness (QED) is 0.673. The zero-order valence-corrected chi connectivity index (χ0v) is 12.9. The number of rotatable bonds is 8. The fourth-order valence-electron chi connectivity index (χ4n) is 2.08. The maximum atomic E-state index is 11.3. The Labute approximate surface area is 121 Å². The topological polar surface area (TPSA) is 92.4 Å². The van der Waals surface area contributed by atoms with Crippen LogP contribution in [0.1, 0.15) is 32.3 Å². The highest BCUT2D eigenvalue weighted by molar-refractivity contribution is 7.89. The normalized spacial score (nSPS) is 12.6. The van der Waals surface area contributed by atoms with Gasteiger partial charge in [-0.25, -0.2) is 13.6 Å². The second-order valence-corrected chi connectivity index (χ2v) is 6.72. The molecule has 6 heteroatoms. The van der Waals surface area contributed by atoms with Gasteiger partial charge >= 0.3 is 0 Å². The van der Waals surface area contributed by atoms with Crippen LogP contribution in [0.2, 0.25) is 0 Å². The number of hydrogen-bond donors (Lipinski definition) is 3. The number of benzene rings is 1. The fourth-order valence-corrected chi connectivity index (χ4v) is 2.67. The molecule has 1 aromatic rings. The Hall–Kier alpha value is -0.950. The van der Waals surface area contributed by atoms with E-state index in [4.69, 9.17) is 5.14 Å². The fraction of sp³-hybridized carbons (Fsp3) is 0.571. The van der Waals surface area contributed by atoms with Crippen molar-refractivity contribution in [3.8, 4) is 0 Å². The molecular formula is C14H24N2O3S. The van der Waals surface area contributed by atoms with Crippen molar-refractivity contribution in [3.05, 3.63) is 29.8 Å². The summed E-state index contributed by atoms with van der Waals surface area (Å²) in [5.74, 6) is 0. The maximum absolute atomic E-state index is 11.3. The largest absolute Gasteiger partial charge is 0.396 e. The molecule has 0 unspecified atom stereocenters. The molecule has 0 fully saturated rings. The number of aliphatic hydroxyl groups is 1. The standard InChI is InChI=1S/C14H24N2O3S/c1-3-14(4-2,11-17)10-16-9-12-6-5-7-13(8-12)20(15,18)19/h5-8,16-17H,3-4,9-11H2,1-2H3,(H2,15,18,19). The molecule has 0 aliphatic heterocycles. The van der Waals surface area contributed by atoms with Gasteiger partial charge in [0.05, 0.1) is 4.90 Å². The van der Waals surface area contributed by atoms with Crippen molar-refractivity contribution in [1.82, 2.24) is 5.32 Å². The first-order valence-corrected chi connectivity index (χ1v) is 8.35. The predicted octanol–water partition coefficient (Wildman–Crippen LogP) is 1.22. The minimum atomic E-state index is -3.66. The van der Waals surface area contributed by atoms with Gasteiger partial charge in [-0.05, 0) is 30.5 Å². The van der Waals surface area contributed by atoms with Crippen molar-refractivity contribution in [1.29, 1.82) is 0 Å². The molecule has 0 aliphatic carbocycles. The number of hydrogen-bond acceptors (Lipinski definition) is 4. The first-order valence-electron chi connectivity index (χ1n) is 6.80. The average molecular weight is 300 g/mol. The molecule has 4 N–H and O–H groups in total. The van der Waals surface area contributed by atoms with Crippen molar-refractivity contribution < 1.29 is 13.5 Å². The zero-order valence-electron chi connectivity index (χ0n) is 12.1. The van der Waals surface area contributed by atoms with E-state index in [0.717, 1.165) is 18.4 Å². The van der Waals surface area contributed by atoms with Gasteiger partial charge in [0, 0.05) is 25.1 Å². The van der Waals surface area contributed by atoms with Gasteiger partial charge in [0.1, 0.15) is 0 Å². The van der Waals surface area contributed by atoms with Gasteiger partial charge in [-0.3, -0.25) is 0 Å². The van der Waals surface area contributed by atoms with Crippen LogP contribution in [0.5, 0.6) is 0 Å². The molecule has 5 nitrogen and oxygen atoms in total. The third-order valence-corrected chi connectivity index (χ3v) is 4.80. The molecule has 0 spiro atoms. The third-order valence-electron chi connectivity index (χ3n) is 3.89. The van der Waals surface area contributed by atoms with Crippen LogP contribution in [-0.4, -0.2) is 26.7 Å². The minimum absolute atomic E-state index is 0.114. The lowest BCUT2D eigenvalue weighted by Crippen LogP contribution is -2.36. The van der Waals surface area contributed by atoms with Crippen LogP contribution in [0.25, 0.3) is 0 Å². The first-order chi connectivity index (χ1) is 9.37. The summed E-state index contributed by atoms with van der Waals surface area (Å²) >= 11 is 0. The molecule has 0 saturated carbocycles. The molecule has 0 radical (unpaired) electrons. The van der Waals surface area contributed by atoms with E-state index in [1.807, 2.05) is 6.07 Å². The van der Waals surface area contributed by atoms with Crippen molar-refractivity contribution in [2.75, 3.05) is 13.2 Å². The van der Waals surface area contributed by atoms with Crippen LogP contribution in [0.4, 0.5) is 0 Å². The second-order valence-electron chi connectivity index (χ2n) is 5.16. The Morgan fingerprint density at radius 3 is 2.45 bits per heavy atom. The number of aliphatic hydroxyl groups excluding tert-OH is 1. The molecular weight excluding hydrogens is 276 g/mol. The SMILES string of the molecule is CCC(CC)(CO)CNCc1cccc(S(N)(=O)=O)c1. The summed E-state index contributed by atoms with van der Waals surface area (Å²) < 4.78 is 22.6. The van der Waals surface area contributed by atoms with E-state index in [1.165, 1.54) is 6.07 Å². The van der Waals surface area contributed by atoms with E-state index >= 15 is 0 Å². The molecule has 0 aromatic heterocycles. The second kappa shape index (κ2) is 7.17. The van der Waals surface area contributed by atoms with Gasteiger partial charge in [0.15, 0.2) is 0 Å². The van der Waals surface area contributed by atoms with Crippen molar-refractivity contribution in [3.63, 3.8) is 0 Å². The van der Waals surface area contributed by atoms with E-state index in [-0.39, 0.29) is 16.9 Å². The van der Waals surface area contributed by atoms with Crippen molar-refractivity contribution in [2.24, 2.45) is 10.6 Å². The number of nitrogens with one attached hydrogen (secondary N) is 1. The Bertz CT molecular complexity index is 517. The Morgan fingerprint density at radius 1 is 1.30 bits per heavy atom. The van der Waals surface area contributed by atoms with Crippen LogP contribution in [-0.2, 0) is 16.6 Å². The monoisotopic (exact) mass is 300 g/mol. The van der Waals surface area contributed by atoms with Gasteiger partial charge in [-0.2, -0.15) is 0 Å². The lowest BCUT2D eigenvalue weighted by atomic mass is 9.83. The highest BCUT2D eigenvalue weighted by atomic mass is 32.2. The Kier molecular flexibility index (Phi) is 6.13. The Morgan fingerprint density at radius 2 is 1.95 bits per heavy atom. The summed E-state index contributed by atoms with van der Waals surface area (Å²) in [6, 6.07) is 6.58. The summed E-state index contributed by atoms with van der Waals surface area (Å²) in [5, 5.41) is 17.9. The lowest BCUT2D eigenvalue weighted by Gasteiger charge is -2.29. The van der Waals surface area contributed by atoms with Crippen molar-refractivity contribution >= 4 is 10.0 Å². The molecule has 0 amide bonds. The summed E-state index contributed by atoms with van der Waals surface area (Å²) in [4.78, 5) is 0.121. The lowest BCUT2D eigenvalue weighted by molar-refractivity contribution is 0.113. The maximum Gasteiger partial charge on any atom is 0.238 e. The third kappa shape index (κ3) is 4.56. The molecule has 0 bridgehead atoms. The number of nitrogens with two attached hydrogens (primary N) is 1. The van der Waals surface area contributed by atoms with E-state index in [1.54, 1.807) is 12.1 Å². The molecule has 0 aliphatic rings. The number of sulfonamides is 1. The minimum Gasteiger partial charge on any atom is -0.396 e. The van der Waals surface area contributed by atoms with Crippen LogP contribution in [0, 0.1) is 5.41 Å². The van der Waals surface area contributed by atoms with E-state index in [0.29, 0.717) is 13.1 Å². The van der Waals surface area contributed by atoms with Crippen LogP contribution in [0.15, 0.2) is 29.2 Å². The van der Waals surface area contributed by atoms with Crippen molar-refractivity contribution in [2.45, 2.75) is 38.1 Å². The van der Waals surface area contributed by atoms with Gasteiger partial charge in [-0.1, -0.05) is 26.0 Å².